The van der Waals surface area contributed by atoms with Crippen molar-refractivity contribution < 1.29 is 14.4 Å². The Labute approximate surface area is 150 Å². The fourth-order valence-corrected chi connectivity index (χ4v) is 3.38. The third kappa shape index (κ3) is 4.40. The Hall–Kier alpha value is -2.33. The number of para-hydroxylation sites is 1. The van der Waals surface area contributed by atoms with E-state index in [2.05, 4.69) is 19.2 Å². The van der Waals surface area contributed by atoms with E-state index in [0.717, 1.165) is 42.8 Å². The molecule has 0 bridgehead atoms. The molecule has 0 saturated carbocycles. The van der Waals surface area contributed by atoms with Crippen molar-refractivity contribution in [3.63, 3.8) is 0 Å². The predicted molar refractivity (Wildman–Crippen MR) is 99.8 cm³/mol. The van der Waals surface area contributed by atoms with Crippen LogP contribution in [-0.2, 0) is 4.79 Å². The van der Waals surface area contributed by atoms with Gasteiger partial charge in [-0.25, -0.2) is 0 Å². The van der Waals surface area contributed by atoms with E-state index in [9.17, 15) is 4.79 Å². The maximum atomic E-state index is 12.5. The zero-order valence-electron chi connectivity index (χ0n) is 15.1. The van der Waals surface area contributed by atoms with Crippen LogP contribution in [0.4, 0.5) is 0 Å². The van der Waals surface area contributed by atoms with Crippen molar-refractivity contribution in [3.05, 3.63) is 54.6 Å². The van der Waals surface area contributed by atoms with E-state index in [4.69, 9.17) is 4.74 Å². The fraction of sp³-hybridized carbons (Fsp3) is 0.381. The largest absolute Gasteiger partial charge is 0.483 e. The van der Waals surface area contributed by atoms with Crippen LogP contribution >= 0.6 is 0 Å². The number of piperidine rings is 1. The van der Waals surface area contributed by atoms with Crippen molar-refractivity contribution in [2.45, 2.75) is 18.9 Å². The van der Waals surface area contributed by atoms with Crippen molar-refractivity contribution in [1.82, 2.24) is 4.90 Å². The van der Waals surface area contributed by atoms with Crippen molar-refractivity contribution >= 4 is 5.91 Å². The van der Waals surface area contributed by atoms with Gasteiger partial charge in [0.2, 0.25) is 0 Å². The van der Waals surface area contributed by atoms with Gasteiger partial charge in [-0.05, 0) is 11.6 Å². The molecule has 0 aromatic heterocycles. The van der Waals surface area contributed by atoms with Crippen molar-refractivity contribution in [1.29, 1.82) is 0 Å². The van der Waals surface area contributed by atoms with E-state index in [0.29, 0.717) is 6.04 Å². The average molecular weight is 339 g/mol. The van der Waals surface area contributed by atoms with Crippen LogP contribution in [-0.4, -0.2) is 50.6 Å². The average Bonchev–Trinajstić information content (AvgIpc) is 2.67. The highest BCUT2D eigenvalue weighted by Crippen LogP contribution is 2.29. The van der Waals surface area contributed by atoms with Crippen LogP contribution in [0.2, 0.25) is 0 Å². The van der Waals surface area contributed by atoms with E-state index in [-0.39, 0.29) is 12.5 Å². The molecule has 0 radical (unpaired) electrons. The van der Waals surface area contributed by atoms with Crippen molar-refractivity contribution in [3.8, 4) is 16.9 Å². The molecule has 0 aliphatic carbocycles. The summed E-state index contributed by atoms with van der Waals surface area (Å²) in [6.45, 7) is 2.33. The summed E-state index contributed by atoms with van der Waals surface area (Å²) in [6.07, 6.45) is 2.13. The van der Waals surface area contributed by atoms with Gasteiger partial charge in [0.05, 0.1) is 20.1 Å². The summed E-state index contributed by atoms with van der Waals surface area (Å²) in [4.78, 5) is 16.0. The van der Waals surface area contributed by atoms with Crippen LogP contribution < -0.4 is 9.64 Å². The first-order valence-electron chi connectivity index (χ1n) is 8.99. The topological polar surface area (TPSA) is 34.0 Å². The number of nitrogens with zero attached hydrogens (tertiary/aromatic N) is 1. The third-order valence-corrected chi connectivity index (χ3v) is 5.07. The summed E-state index contributed by atoms with van der Waals surface area (Å²) in [5.74, 6) is 0.802. The number of carbonyl (C=O) groups excluding carboxylic acids is 1. The van der Waals surface area contributed by atoms with Crippen LogP contribution in [0, 0.1) is 0 Å². The van der Waals surface area contributed by atoms with Gasteiger partial charge >= 0.3 is 0 Å². The summed E-state index contributed by atoms with van der Waals surface area (Å²) >= 11 is 0. The molecule has 1 heterocycles. The minimum atomic E-state index is 0.0485. The van der Waals surface area contributed by atoms with Gasteiger partial charge in [-0.3, -0.25) is 4.79 Å². The fourth-order valence-electron chi connectivity index (χ4n) is 3.38. The Morgan fingerprint density at radius 1 is 1.08 bits per heavy atom. The number of hydrogen-bond acceptors (Lipinski definition) is 2. The highest BCUT2D eigenvalue weighted by Gasteiger charge is 2.26. The Morgan fingerprint density at radius 2 is 1.72 bits per heavy atom. The van der Waals surface area contributed by atoms with Crippen LogP contribution in [0.5, 0.6) is 5.75 Å². The smallest absolute Gasteiger partial charge is 0.260 e. The highest BCUT2D eigenvalue weighted by atomic mass is 16.5. The molecule has 4 heteroatoms. The number of rotatable bonds is 5. The number of ether oxygens (including phenoxy) is 1. The number of likely N-dealkylation sites (tertiary alicyclic amines) is 1. The SMILES string of the molecule is CN(C(=O)COc1ccccc1-c1ccccc1)C1CC[NH+](C)CC1. The summed E-state index contributed by atoms with van der Waals surface area (Å²) in [5.41, 5.74) is 2.11. The van der Waals surface area contributed by atoms with Gasteiger partial charge in [-0.1, -0.05) is 48.5 Å². The lowest BCUT2D eigenvalue weighted by atomic mass is 10.0. The summed E-state index contributed by atoms with van der Waals surface area (Å²) in [5, 5.41) is 0. The molecular formula is C21H27N2O2+. The molecular weight excluding hydrogens is 312 g/mol. The minimum absolute atomic E-state index is 0.0485. The molecule has 3 rings (SSSR count). The Bertz CT molecular complexity index is 694. The maximum absolute atomic E-state index is 12.5. The second-order valence-corrected chi connectivity index (χ2v) is 6.84. The van der Waals surface area contributed by atoms with Gasteiger partial charge in [0.15, 0.2) is 6.61 Å². The normalized spacial score (nSPS) is 20.1. The van der Waals surface area contributed by atoms with E-state index >= 15 is 0 Å². The van der Waals surface area contributed by atoms with Gasteiger partial charge in [-0.2, -0.15) is 0 Å². The molecule has 2 aromatic rings. The number of hydrogen-bond donors (Lipinski definition) is 1. The maximum Gasteiger partial charge on any atom is 0.260 e. The highest BCUT2D eigenvalue weighted by molar-refractivity contribution is 5.78. The molecule has 0 atom stereocenters. The number of benzene rings is 2. The van der Waals surface area contributed by atoms with Crippen LogP contribution in [0.25, 0.3) is 11.1 Å². The summed E-state index contributed by atoms with van der Waals surface area (Å²) in [6, 6.07) is 18.3. The Morgan fingerprint density at radius 3 is 2.44 bits per heavy atom. The second-order valence-electron chi connectivity index (χ2n) is 6.84. The van der Waals surface area contributed by atoms with Crippen molar-refractivity contribution in [2.75, 3.05) is 33.8 Å². The zero-order valence-corrected chi connectivity index (χ0v) is 15.1. The van der Waals surface area contributed by atoms with Gasteiger partial charge < -0.3 is 14.5 Å². The zero-order chi connectivity index (χ0) is 17.6. The molecule has 4 nitrogen and oxygen atoms in total. The van der Waals surface area contributed by atoms with E-state index in [1.807, 2.05) is 54.4 Å². The third-order valence-electron chi connectivity index (χ3n) is 5.07. The van der Waals surface area contributed by atoms with Crippen LogP contribution in [0.1, 0.15) is 12.8 Å². The summed E-state index contributed by atoms with van der Waals surface area (Å²) in [7, 11) is 4.11. The molecule has 0 unspecified atom stereocenters. The molecule has 25 heavy (non-hydrogen) atoms. The van der Waals surface area contributed by atoms with E-state index < -0.39 is 0 Å². The first-order valence-corrected chi connectivity index (χ1v) is 8.99. The molecule has 1 N–H and O–H groups in total. The molecule has 1 saturated heterocycles. The minimum Gasteiger partial charge on any atom is -0.483 e. The quantitative estimate of drug-likeness (QED) is 0.902. The van der Waals surface area contributed by atoms with Crippen molar-refractivity contribution in [2.24, 2.45) is 0 Å². The van der Waals surface area contributed by atoms with Gasteiger partial charge in [0.25, 0.3) is 5.91 Å². The van der Waals surface area contributed by atoms with E-state index in [1.165, 1.54) is 0 Å². The molecule has 0 spiro atoms. The van der Waals surface area contributed by atoms with Crippen LogP contribution in [0.3, 0.4) is 0 Å². The molecule has 2 aromatic carbocycles. The monoisotopic (exact) mass is 339 g/mol. The number of nitrogens with one attached hydrogen (secondary N) is 1. The number of carbonyl (C=O) groups is 1. The summed E-state index contributed by atoms with van der Waals surface area (Å²) < 4.78 is 5.89. The lowest BCUT2D eigenvalue weighted by Gasteiger charge is -2.33. The Balaban J connectivity index is 1.63. The molecule has 1 fully saturated rings. The standard InChI is InChI=1S/C21H26N2O2/c1-22-14-12-18(13-15-22)23(2)21(24)16-25-20-11-7-6-10-19(20)17-8-4-3-5-9-17/h3-11,18H,12-16H2,1-2H3/p+1. The second kappa shape index (κ2) is 8.17. The van der Waals surface area contributed by atoms with Gasteiger partial charge in [-0.15, -0.1) is 0 Å². The number of amides is 1. The first kappa shape index (κ1) is 17.5. The molecule has 1 amide bonds. The van der Waals surface area contributed by atoms with Crippen LogP contribution in [0.15, 0.2) is 54.6 Å². The van der Waals surface area contributed by atoms with Gasteiger partial charge in [0.1, 0.15) is 5.75 Å². The van der Waals surface area contributed by atoms with Gasteiger partial charge in [0, 0.05) is 31.5 Å². The Kier molecular flexibility index (Phi) is 5.71. The molecule has 1 aliphatic heterocycles. The lowest BCUT2D eigenvalue weighted by molar-refractivity contribution is -0.885. The lowest BCUT2D eigenvalue weighted by Crippen LogP contribution is -3.10. The first-order chi connectivity index (χ1) is 12.1. The number of likely N-dealkylation sites (N-methyl/N-ethyl adjacent to an activating group) is 1. The predicted octanol–water partition coefficient (Wildman–Crippen LogP) is 1.87. The van der Waals surface area contributed by atoms with E-state index in [1.54, 1.807) is 4.90 Å². The molecule has 132 valence electrons. The molecule has 1 aliphatic rings. The number of quaternary nitrogens is 1.